The van der Waals surface area contributed by atoms with E-state index in [1.807, 2.05) is 31.2 Å². The first-order valence-corrected chi connectivity index (χ1v) is 10.2. The van der Waals surface area contributed by atoms with E-state index in [0.29, 0.717) is 11.3 Å². The number of carbonyl (C=O) groups excluding carboxylic acids is 1. The molecule has 1 amide bonds. The van der Waals surface area contributed by atoms with Crippen LogP contribution in [0.2, 0.25) is 0 Å². The van der Waals surface area contributed by atoms with E-state index in [-0.39, 0.29) is 16.8 Å². The number of hydrogen-bond acceptors (Lipinski definition) is 4. The Morgan fingerprint density at radius 2 is 1.61 bits per heavy atom. The predicted octanol–water partition coefficient (Wildman–Crippen LogP) is 3.40. The van der Waals surface area contributed by atoms with Crippen molar-refractivity contribution >= 4 is 21.6 Å². The van der Waals surface area contributed by atoms with Gasteiger partial charge in [-0.25, -0.2) is 8.42 Å². The zero-order valence-electron chi connectivity index (χ0n) is 15.6. The number of carbonyl (C=O) groups is 1. The molecule has 0 aliphatic rings. The summed E-state index contributed by atoms with van der Waals surface area (Å²) in [5.41, 5.74) is 1.69. The molecule has 0 saturated carbocycles. The second-order valence-electron chi connectivity index (χ2n) is 6.28. The molecule has 144 valence electrons. The number of aromatic nitrogens is 1. The molecule has 3 rings (SSSR count). The number of amides is 1. The van der Waals surface area contributed by atoms with Gasteiger partial charge >= 0.3 is 0 Å². The number of sulfonamides is 1. The van der Waals surface area contributed by atoms with E-state index in [2.05, 4.69) is 10.3 Å². The van der Waals surface area contributed by atoms with E-state index in [1.54, 1.807) is 30.5 Å². The Hall–Kier alpha value is -3.19. The van der Waals surface area contributed by atoms with Crippen molar-refractivity contribution in [2.45, 2.75) is 17.9 Å². The van der Waals surface area contributed by atoms with Gasteiger partial charge < -0.3 is 5.32 Å². The van der Waals surface area contributed by atoms with Crippen LogP contribution in [0.3, 0.4) is 0 Å². The summed E-state index contributed by atoms with van der Waals surface area (Å²) < 4.78 is 26.8. The molecule has 0 fully saturated rings. The van der Waals surface area contributed by atoms with Gasteiger partial charge in [0.15, 0.2) is 0 Å². The van der Waals surface area contributed by atoms with Crippen LogP contribution in [0.25, 0.3) is 0 Å². The molecule has 0 radical (unpaired) electrons. The zero-order valence-corrected chi connectivity index (χ0v) is 16.4. The van der Waals surface area contributed by atoms with Gasteiger partial charge in [-0.2, -0.15) is 0 Å². The van der Waals surface area contributed by atoms with Crippen LogP contribution >= 0.6 is 0 Å². The number of para-hydroxylation sites is 1. The van der Waals surface area contributed by atoms with Crippen molar-refractivity contribution in [3.05, 3.63) is 90.3 Å². The monoisotopic (exact) mass is 395 g/mol. The molecule has 0 spiro atoms. The number of hydrogen-bond donors (Lipinski definition) is 1. The summed E-state index contributed by atoms with van der Waals surface area (Å²) in [5.74, 6) is -0.293. The van der Waals surface area contributed by atoms with Crippen LogP contribution in [0, 0.1) is 0 Å². The SMILES string of the molecule is CC(NC(=O)c1ccc(S(=O)(=O)N(C)c2ccccc2)cc1)c1ccccn1. The standard InChI is InChI=1S/C21H21N3O3S/c1-16(20-10-6-7-15-22-20)23-21(25)17-11-13-19(14-12-17)28(26,27)24(2)18-8-4-3-5-9-18/h3-16H,1-2H3,(H,23,25). The first kappa shape index (κ1) is 19.6. The van der Waals surface area contributed by atoms with Crippen LogP contribution in [-0.2, 0) is 10.0 Å². The summed E-state index contributed by atoms with van der Waals surface area (Å²) in [5, 5.41) is 2.86. The van der Waals surface area contributed by atoms with E-state index in [4.69, 9.17) is 0 Å². The third-order valence-corrected chi connectivity index (χ3v) is 6.17. The number of benzene rings is 2. The van der Waals surface area contributed by atoms with Crippen molar-refractivity contribution in [1.29, 1.82) is 0 Å². The maximum absolute atomic E-state index is 12.8. The highest BCUT2D eigenvalue weighted by atomic mass is 32.2. The summed E-state index contributed by atoms with van der Waals surface area (Å²) in [6.07, 6.45) is 1.67. The normalized spacial score (nSPS) is 12.2. The van der Waals surface area contributed by atoms with Crippen LogP contribution in [0.15, 0.2) is 83.9 Å². The summed E-state index contributed by atoms with van der Waals surface area (Å²) in [4.78, 5) is 16.8. The van der Waals surface area contributed by atoms with E-state index >= 15 is 0 Å². The number of anilines is 1. The van der Waals surface area contributed by atoms with E-state index < -0.39 is 10.0 Å². The molecule has 1 N–H and O–H groups in total. The first-order valence-electron chi connectivity index (χ1n) is 8.75. The first-order chi connectivity index (χ1) is 13.4. The van der Waals surface area contributed by atoms with Crippen molar-refractivity contribution in [3.63, 3.8) is 0 Å². The minimum Gasteiger partial charge on any atom is -0.344 e. The van der Waals surface area contributed by atoms with Crippen LogP contribution in [-0.4, -0.2) is 26.4 Å². The van der Waals surface area contributed by atoms with Crippen molar-refractivity contribution in [2.75, 3.05) is 11.4 Å². The summed E-state index contributed by atoms with van der Waals surface area (Å²) in [6.45, 7) is 1.84. The molecular weight excluding hydrogens is 374 g/mol. The second-order valence-corrected chi connectivity index (χ2v) is 8.25. The molecule has 28 heavy (non-hydrogen) atoms. The molecule has 3 aromatic rings. The van der Waals surface area contributed by atoms with Gasteiger partial charge in [0.2, 0.25) is 0 Å². The highest BCUT2D eigenvalue weighted by Gasteiger charge is 2.21. The number of nitrogens with one attached hydrogen (secondary N) is 1. The summed E-state index contributed by atoms with van der Waals surface area (Å²) in [7, 11) is -2.21. The Balaban J connectivity index is 1.75. The summed E-state index contributed by atoms with van der Waals surface area (Å²) in [6, 6.07) is 19.9. The van der Waals surface area contributed by atoms with Gasteiger partial charge in [-0.15, -0.1) is 0 Å². The Labute approximate surface area is 164 Å². The molecule has 0 aliphatic carbocycles. The van der Waals surface area contributed by atoms with Crippen LogP contribution in [0.1, 0.15) is 29.0 Å². The van der Waals surface area contributed by atoms with Crippen molar-refractivity contribution < 1.29 is 13.2 Å². The predicted molar refractivity (Wildman–Crippen MR) is 109 cm³/mol. The molecule has 0 bridgehead atoms. The van der Waals surface area contributed by atoms with Crippen LogP contribution in [0.5, 0.6) is 0 Å². The Bertz CT molecular complexity index is 1040. The Morgan fingerprint density at radius 3 is 2.21 bits per heavy atom. The van der Waals surface area contributed by atoms with Gasteiger partial charge in [0.05, 0.1) is 22.3 Å². The van der Waals surface area contributed by atoms with Crippen LogP contribution in [0.4, 0.5) is 5.69 Å². The van der Waals surface area contributed by atoms with Gasteiger partial charge in [-0.1, -0.05) is 24.3 Å². The fraction of sp³-hybridized carbons (Fsp3) is 0.143. The van der Waals surface area contributed by atoms with Crippen molar-refractivity contribution in [2.24, 2.45) is 0 Å². The second kappa shape index (κ2) is 8.22. The van der Waals surface area contributed by atoms with Gasteiger partial charge in [-0.3, -0.25) is 14.1 Å². The molecule has 1 aromatic heterocycles. The molecule has 0 saturated heterocycles. The maximum Gasteiger partial charge on any atom is 0.264 e. The number of nitrogens with zero attached hydrogens (tertiary/aromatic N) is 2. The highest BCUT2D eigenvalue weighted by molar-refractivity contribution is 7.92. The van der Waals surface area contributed by atoms with Gasteiger partial charge in [0.25, 0.3) is 15.9 Å². The van der Waals surface area contributed by atoms with E-state index in [1.165, 1.54) is 35.6 Å². The lowest BCUT2D eigenvalue weighted by atomic mass is 10.1. The fourth-order valence-corrected chi connectivity index (χ4v) is 3.89. The lowest BCUT2D eigenvalue weighted by Gasteiger charge is -2.19. The minimum atomic E-state index is -3.71. The quantitative estimate of drug-likeness (QED) is 0.694. The van der Waals surface area contributed by atoms with Crippen LogP contribution < -0.4 is 9.62 Å². The molecule has 1 heterocycles. The van der Waals surface area contributed by atoms with Gasteiger partial charge in [0, 0.05) is 18.8 Å². The molecule has 6 nitrogen and oxygen atoms in total. The maximum atomic E-state index is 12.8. The fourth-order valence-electron chi connectivity index (χ4n) is 2.70. The van der Waals surface area contributed by atoms with E-state index in [9.17, 15) is 13.2 Å². The average Bonchev–Trinajstić information content (AvgIpc) is 2.74. The highest BCUT2D eigenvalue weighted by Crippen LogP contribution is 2.22. The molecule has 0 aliphatic heterocycles. The Morgan fingerprint density at radius 1 is 0.964 bits per heavy atom. The Kier molecular flexibility index (Phi) is 5.75. The zero-order chi connectivity index (χ0) is 20.1. The third-order valence-electron chi connectivity index (χ3n) is 4.37. The van der Waals surface area contributed by atoms with Crippen molar-refractivity contribution in [1.82, 2.24) is 10.3 Å². The lowest BCUT2D eigenvalue weighted by Crippen LogP contribution is -2.28. The number of pyridine rings is 1. The molecular formula is C21H21N3O3S. The molecule has 2 aromatic carbocycles. The van der Waals surface area contributed by atoms with Crippen molar-refractivity contribution in [3.8, 4) is 0 Å². The molecule has 1 unspecified atom stereocenters. The smallest absolute Gasteiger partial charge is 0.264 e. The molecule has 7 heteroatoms. The number of rotatable bonds is 6. The largest absolute Gasteiger partial charge is 0.344 e. The third kappa shape index (κ3) is 4.20. The van der Waals surface area contributed by atoms with Gasteiger partial charge in [-0.05, 0) is 55.5 Å². The topological polar surface area (TPSA) is 79.4 Å². The lowest BCUT2D eigenvalue weighted by molar-refractivity contribution is 0.0939. The van der Waals surface area contributed by atoms with E-state index in [0.717, 1.165) is 5.69 Å². The molecule has 1 atom stereocenters. The average molecular weight is 395 g/mol. The minimum absolute atomic E-state index is 0.119. The summed E-state index contributed by atoms with van der Waals surface area (Å²) >= 11 is 0. The van der Waals surface area contributed by atoms with Gasteiger partial charge in [0.1, 0.15) is 0 Å².